The highest BCUT2D eigenvalue weighted by molar-refractivity contribution is 7.49. The number of phosphoric ester groups is 1. The molecule has 2 fully saturated rings. The van der Waals surface area contributed by atoms with E-state index in [-0.39, 0.29) is 12.4 Å². The van der Waals surface area contributed by atoms with Gasteiger partial charge in [0.25, 0.3) is 0 Å². The lowest BCUT2D eigenvalue weighted by Crippen LogP contribution is -2.34. The molecular formula is C15H16N3O6P. The molecule has 132 valence electrons. The van der Waals surface area contributed by atoms with Crippen molar-refractivity contribution in [3.05, 3.63) is 53.1 Å². The lowest BCUT2D eigenvalue weighted by atomic mass is 10.2. The molecule has 10 heteroatoms. The highest BCUT2D eigenvalue weighted by Crippen LogP contribution is 2.56. The number of hydrogen-bond acceptors (Lipinski definition) is 8. The summed E-state index contributed by atoms with van der Waals surface area (Å²) in [5.41, 5.74) is 4.97. The van der Waals surface area contributed by atoms with Crippen molar-refractivity contribution in [3.63, 3.8) is 0 Å². The Morgan fingerprint density at radius 2 is 2.04 bits per heavy atom. The van der Waals surface area contributed by atoms with E-state index in [2.05, 4.69) is 4.98 Å². The molecular weight excluding hydrogens is 349 g/mol. The number of phosphoric acid groups is 1. The lowest BCUT2D eigenvalue weighted by molar-refractivity contribution is -0.0666. The van der Waals surface area contributed by atoms with Crippen LogP contribution in [0.3, 0.4) is 0 Å². The maximum absolute atomic E-state index is 12.7. The minimum Gasteiger partial charge on any atom is -0.404 e. The van der Waals surface area contributed by atoms with Gasteiger partial charge in [-0.25, -0.2) is 9.36 Å². The Balaban J connectivity index is 1.49. The van der Waals surface area contributed by atoms with Crippen molar-refractivity contribution in [2.45, 2.75) is 24.9 Å². The van der Waals surface area contributed by atoms with E-state index in [1.54, 1.807) is 24.3 Å². The second kappa shape index (κ2) is 6.27. The molecule has 3 heterocycles. The molecule has 2 saturated heterocycles. The van der Waals surface area contributed by atoms with E-state index in [4.69, 9.17) is 24.0 Å². The van der Waals surface area contributed by atoms with Gasteiger partial charge in [-0.1, -0.05) is 18.2 Å². The van der Waals surface area contributed by atoms with Gasteiger partial charge < -0.3 is 15.0 Å². The first-order chi connectivity index (χ1) is 12.0. The summed E-state index contributed by atoms with van der Waals surface area (Å²) in [5, 5.41) is 0. The van der Waals surface area contributed by atoms with Crippen LogP contribution in [0.15, 0.2) is 47.4 Å². The Bertz CT molecular complexity index is 873. The third kappa shape index (κ3) is 3.32. The first kappa shape index (κ1) is 16.3. The van der Waals surface area contributed by atoms with Crippen LogP contribution in [-0.4, -0.2) is 28.4 Å². The number of para-hydroxylation sites is 1. The number of nitrogen functional groups attached to an aromatic ring is 1. The van der Waals surface area contributed by atoms with Crippen LogP contribution in [0.25, 0.3) is 0 Å². The quantitative estimate of drug-likeness (QED) is 0.818. The molecule has 0 saturated carbocycles. The third-order valence-electron chi connectivity index (χ3n) is 3.96. The molecule has 0 amide bonds. The Kier molecular flexibility index (Phi) is 4.09. The van der Waals surface area contributed by atoms with Gasteiger partial charge in [0, 0.05) is 12.6 Å². The number of benzene rings is 1. The van der Waals surface area contributed by atoms with E-state index < -0.39 is 31.9 Å². The van der Waals surface area contributed by atoms with Crippen LogP contribution in [0.2, 0.25) is 0 Å². The SMILES string of the molecule is Nc1ccn([C@H]2C[C@@H]3OP(=O)(Oc4ccccc4)OC[C@H]3O2)c(=O)n1. The number of nitrogens with zero attached hydrogens (tertiary/aromatic N) is 2. The van der Waals surface area contributed by atoms with Crippen molar-refractivity contribution in [1.29, 1.82) is 0 Å². The molecule has 9 nitrogen and oxygen atoms in total. The fourth-order valence-corrected chi connectivity index (χ4v) is 4.22. The Morgan fingerprint density at radius 3 is 2.80 bits per heavy atom. The molecule has 2 aliphatic heterocycles. The Labute approximate surface area is 142 Å². The standard InChI is InChI=1S/C15H16N3O6P/c16-13-6-7-18(15(19)17-13)14-8-11-12(22-14)9-21-25(20,24-11)23-10-4-2-1-3-5-10/h1-7,11-12,14H,8-9H2,(H2,16,17,19)/t11-,12+,14+,25?/m0/s1. The van der Waals surface area contributed by atoms with Gasteiger partial charge in [0.05, 0.1) is 6.61 Å². The second-order valence-corrected chi connectivity index (χ2v) is 7.24. The van der Waals surface area contributed by atoms with E-state index >= 15 is 0 Å². The molecule has 4 rings (SSSR count). The fourth-order valence-electron chi connectivity index (χ4n) is 2.80. The maximum atomic E-state index is 12.7. The number of ether oxygens (including phenoxy) is 1. The molecule has 0 bridgehead atoms. The predicted molar refractivity (Wildman–Crippen MR) is 86.9 cm³/mol. The summed E-state index contributed by atoms with van der Waals surface area (Å²) in [6.07, 6.45) is 0.269. The summed E-state index contributed by atoms with van der Waals surface area (Å²) in [7, 11) is -3.75. The van der Waals surface area contributed by atoms with Gasteiger partial charge >= 0.3 is 13.5 Å². The summed E-state index contributed by atoms with van der Waals surface area (Å²) >= 11 is 0. The van der Waals surface area contributed by atoms with Gasteiger partial charge in [-0.05, 0) is 18.2 Å². The third-order valence-corrected chi connectivity index (χ3v) is 5.39. The zero-order valence-corrected chi connectivity index (χ0v) is 14.0. The molecule has 2 N–H and O–H groups in total. The number of hydrogen-bond donors (Lipinski definition) is 1. The zero-order chi connectivity index (χ0) is 17.4. The topological polar surface area (TPSA) is 115 Å². The Hall–Kier alpha value is -2.19. The monoisotopic (exact) mass is 365 g/mol. The van der Waals surface area contributed by atoms with Gasteiger partial charge in [-0.2, -0.15) is 4.98 Å². The van der Waals surface area contributed by atoms with Gasteiger partial charge in [-0.15, -0.1) is 0 Å². The van der Waals surface area contributed by atoms with E-state index in [1.807, 2.05) is 6.07 Å². The zero-order valence-electron chi connectivity index (χ0n) is 13.1. The molecule has 1 unspecified atom stereocenters. The summed E-state index contributed by atoms with van der Waals surface area (Å²) < 4.78 is 36.0. The van der Waals surface area contributed by atoms with Gasteiger partial charge in [0.1, 0.15) is 30.0 Å². The first-order valence-electron chi connectivity index (χ1n) is 7.70. The maximum Gasteiger partial charge on any atom is 0.530 e. The number of rotatable bonds is 3. The van der Waals surface area contributed by atoms with Crippen LogP contribution < -0.4 is 15.9 Å². The van der Waals surface area contributed by atoms with E-state index in [0.717, 1.165) is 0 Å². The lowest BCUT2D eigenvalue weighted by Gasteiger charge is -2.29. The summed E-state index contributed by atoms with van der Waals surface area (Å²) in [6.45, 7) is 0.0441. The number of anilines is 1. The molecule has 0 radical (unpaired) electrons. The normalized spacial score (nSPS) is 31.4. The van der Waals surface area contributed by atoms with Crippen LogP contribution in [0.1, 0.15) is 12.6 Å². The Morgan fingerprint density at radius 1 is 1.24 bits per heavy atom. The van der Waals surface area contributed by atoms with E-state index in [0.29, 0.717) is 12.2 Å². The molecule has 0 spiro atoms. The largest absolute Gasteiger partial charge is 0.530 e. The van der Waals surface area contributed by atoms with Crippen molar-refractivity contribution in [2.75, 3.05) is 12.3 Å². The molecule has 2 aliphatic rings. The number of nitrogens with two attached hydrogens (primary N) is 1. The van der Waals surface area contributed by atoms with Crippen molar-refractivity contribution >= 4 is 13.6 Å². The number of fused-ring (bicyclic) bond motifs is 1. The predicted octanol–water partition coefficient (Wildman–Crippen LogP) is 1.72. The van der Waals surface area contributed by atoms with Gasteiger partial charge in [-0.3, -0.25) is 13.6 Å². The molecule has 1 aromatic heterocycles. The smallest absolute Gasteiger partial charge is 0.404 e. The van der Waals surface area contributed by atoms with Crippen LogP contribution in [0.4, 0.5) is 5.82 Å². The van der Waals surface area contributed by atoms with Crippen molar-refractivity contribution < 1.29 is 22.9 Å². The van der Waals surface area contributed by atoms with Crippen LogP contribution >= 0.6 is 7.82 Å². The highest BCUT2D eigenvalue weighted by atomic mass is 31.2. The van der Waals surface area contributed by atoms with Crippen molar-refractivity contribution in [3.8, 4) is 5.75 Å². The van der Waals surface area contributed by atoms with Crippen molar-refractivity contribution in [2.24, 2.45) is 0 Å². The molecule has 4 atom stereocenters. The first-order valence-corrected chi connectivity index (χ1v) is 9.16. The molecule has 2 aromatic rings. The number of aromatic nitrogens is 2. The minimum absolute atomic E-state index is 0.0441. The second-order valence-electron chi connectivity index (χ2n) is 5.70. The fraction of sp³-hybridized carbons (Fsp3) is 0.333. The van der Waals surface area contributed by atoms with Gasteiger partial charge in [0.15, 0.2) is 0 Å². The van der Waals surface area contributed by atoms with E-state index in [1.165, 1.54) is 16.8 Å². The summed E-state index contributed by atoms with van der Waals surface area (Å²) in [4.78, 5) is 15.6. The van der Waals surface area contributed by atoms with Crippen LogP contribution in [0.5, 0.6) is 5.75 Å². The van der Waals surface area contributed by atoms with Crippen LogP contribution in [-0.2, 0) is 18.3 Å². The van der Waals surface area contributed by atoms with Gasteiger partial charge in [0.2, 0.25) is 0 Å². The van der Waals surface area contributed by atoms with Crippen molar-refractivity contribution in [1.82, 2.24) is 9.55 Å². The molecule has 0 aliphatic carbocycles. The highest BCUT2D eigenvalue weighted by Gasteiger charge is 2.48. The van der Waals surface area contributed by atoms with E-state index in [9.17, 15) is 9.36 Å². The summed E-state index contributed by atoms with van der Waals surface area (Å²) in [5.74, 6) is 0.524. The summed E-state index contributed by atoms with van der Waals surface area (Å²) in [6, 6.07) is 10.1. The molecule has 1 aromatic carbocycles. The van der Waals surface area contributed by atoms with Crippen LogP contribution in [0, 0.1) is 0 Å². The average molecular weight is 365 g/mol. The molecule has 25 heavy (non-hydrogen) atoms. The average Bonchev–Trinajstić information content (AvgIpc) is 2.97. The minimum atomic E-state index is -3.75.